The van der Waals surface area contributed by atoms with Gasteiger partial charge in [0.15, 0.2) is 0 Å². The molecular weight excluding hydrogens is 176 g/mol. The third kappa shape index (κ3) is 4.64. The lowest BCUT2D eigenvalue weighted by Crippen LogP contribution is -2.06. The van der Waals surface area contributed by atoms with Crippen LogP contribution in [0.4, 0.5) is 0 Å². The van der Waals surface area contributed by atoms with E-state index in [0.29, 0.717) is 6.42 Å². The quantitative estimate of drug-likeness (QED) is 0.587. The van der Waals surface area contributed by atoms with E-state index in [1.165, 1.54) is 39.2 Å². The van der Waals surface area contributed by atoms with Crippen molar-refractivity contribution >= 4 is 5.97 Å². The molecule has 14 heavy (non-hydrogen) atoms. The molecule has 0 heterocycles. The first-order valence-electron chi connectivity index (χ1n) is 5.83. The Morgan fingerprint density at radius 3 is 2.64 bits per heavy atom. The van der Waals surface area contributed by atoms with Gasteiger partial charge in [0.05, 0.1) is 7.11 Å². The predicted molar refractivity (Wildman–Crippen MR) is 57.0 cm³/mol. The summed E-state index contributed by atoms with van der Waals surface area (Å²) in [5.41, 5.74) is 0. The van der Waals surface area contributed by atoms with Gasteiger partial charge < -0.3 is 4.74 Å². The maximum atomic E-state index is 11.0. The number of hydrogen-bond donors (Lipinski definition) is 0. The average Bonchev–Trinajstić information content (AvgIpc) is 3.01. The van der Waals surface area contributed by atoms with Gasteiger partial charge in [0, 0.05) is 6.42 Å². The van der Waals surface area contributed by atoms with Crippen LogP contribution in [0.25, 0.3) is 0 Å². The summed E-state index contributed by atoms with van der Waals surface area (Å²) in [5.74, 6) is 1.69. The number of rotatable bonds is 7. The van der Waals surface area contributed by atoms with Gasteiger partial charge in [-0.2, -0.15) is 0 Å². The molecule has 1 fully saturated rings. The van der Waals surface area contributed by atoms with E-state index in [0.717, 1.165) is 18.3 Å². The summed E-state index contributed by atoms with van der Waals surface area (Å²) < 4.78 is 4.64. The van der Waals surface area contributed by atoms with Gasteiger partial charge in [-0.15, -0.1) is 0 Å². The average molecular weight is 198 g/mol. The van der Waals surface area contributed by atoms with E-state index < -0.39 is 0 Å². The van der Waals surface area contributed by atoms with Crippen molar-refractivity contribution in [2.45, 2.75) is 51.9 Å². The standard InChI is InChI=1S/C12H22O2/c1-3-10(4-5-11-6-7-11)8-9-12(13)14-2/h10-11H,3-9H2,1-2H3. The van der Waals surface area contributed by atoms with Crippen molar-refractivity contribution in [3.8, 4) is 0 Å². The summed E-state index contributed by atoms with van der Waals surface area (Å²) in [6.45, 7) is 2.22. The van der Waals surface area contributed by atoms with Gasteiger partial charge in [-0.1, -0.05) is 39.0 Å². The molecule has 0 saturated heterocycles. The van der Waals surface area contributed by atoms with Gasteiger partial charge in [-0.25, -0.2) is 0 Å². The molecule has 0 aromatic heterocycles. The lowest BCUT2D eigenvalue weighted by atomic mass is 9.94. The highest BCUT2D eigenvalue weighted by atomic mass is 16.5. The van der Waals surface area contributed by atoms with Crippen LogP contribution in [0.2, 0.25) is 0 Å². The SMILES string of the molecule is CCC(CCC(=O)OC)CCC1CC1. The Morgan fingerprint density at radius 2 is 2.14 bits per heavy atom. The van der Waals surface area contributed by atoms with Crippen molar-refractivity contribution in [2.24, 2.45) is 11.8 Å². The molecule has 2 nitrogen and oxygen atoms in total. The van der Waals surface area contributed by atoms with Gasteiger partial charge >= 0.3 is 5.97 Å². The molecule has 0 radical (unpaired) electrons. The van der Waals surface area contributed by atoms with E-state index >= 15 is 0 Å². The summed E-state index contributed by atoms with van der Waals surface area (Å²) >= 11 is 0. The van der Waals surface area contributed by atoms with Crippen molar-refractivity contribution in [1.82, 2.24) is 0 Å². The topological polar surface area (TPSA) is 26.3 Å². The first kappa shape index (κ1) is 11.5. The third-order valence-electron chi connectivity index (χ3n) is 3.24. The molecule has 1 atom stereocenters. The number of hydrogen-bond acceptors (Lipinski definition) is 2. The fourth-order valence-electron chi connectivity index (χ4n) is 1.85. The van der Waals surface area contributed by atoms with E-state index in [1.54, 1.807) is 0 Å². The molecule has 0 aromatic rings. The largest absolute Gasteiger partial charge is 0.469 e. The van der Waals surface area contributed by atoms with Crippen LogP contribution in [-0.2, 0) is 9.53 Å². The minimum absolute atomic E-state index is 0.0603. The molecule has 0 aromatic carbocycles. The highest BCUT2D eigenvalue weighted by molar-refractivity contribution is 5.69. The Hall–Kier alpha value is -0.530. The van der Waals surface area contributed by atoms with Gasteiger partial charge in [0.2, 0.25) is 0 Å². The summed E-state index contributed by atoms with van der Waals surface area (Å²) in [6, 6.07) is 0. The molecule has 0 amide bonds. The van der Waals surface area contributed by atoms with E-state index in [1.807, 2.05) is 0 Å². The van der Waals surface area contributed by atoms with Crippen LogP contribution < -0.4 is 0 Å². The van der Waals surface area contributed by atoms with Crippen molar-refractivity contribution < 1.29 is 9.53 Å². The lowest BCUT2D eigenvalue weighted by molar-refractivity contribution is -0.140. The second-order valence-electron chi connectivity index (χ2n) is 4.41. The highest BCUT2D eigenvalue weighted by Gasteiger charge is 2.22. The molecule has 2 heteroatoms. The normalized spacial score (nSPS) is 17.9. The van der Waals surface area contributed by atoms with E-state index in [2.05, 4.69) is 11.7 Å². The first-order chi connectivity index (χ1) is 6.76. The molecule has 0 spiro atoms. The lowest BCUT2D eigenvalue weighted by Gasteiger charge is -2.13. The number of esters is 1. The zero-order valence-electron chi connectivity index (χ0n) is 9.42. The van der Waals surface area contributed by atoms with Gasteiger partial charge in [-0.3, -0.25) is 4.79 Å². The number of carbonyl (C=O) groups excluding carboxylic acids is 1. The van der Waals surface area contributed by atoms with Crippen LogP contribution in [0.3, 0.4) is 0 Å². The molecule has 82 valence electrons. The van der Waals surface area contributed by atoms with Crippen molar-refractivity contribution in [1.29, 1.82) is 0 Å². The van der Waals surface area contributed by atoms with Crippen LogP contribution in [0.1, 0.15) is 51.9 Å². The Balaban J connectivity index is 2.06. The smallest absolute Gasteiger partial charge is 0.305 e. The Labute approximate surface area is 87.0 Å². The summed E-state index contributed by atoms with van der Waals surface area (Å²) in [4.78, 5) is 11.0. The molecule has 0 aliphatic heterocycles. The minimum Gasteiger partial charge on any atom is -0.469 e. The maximum absolute atomic E-state index is 11.0. The van der Waals surface area contributed by atoms with Crippen molar-refractivity contribution in [2.75, 3.05) is 7.11 Å². The van der Waals surface area contributed by atoms with E-state index in [4.69, 9.17) is 0 Å². The molecule has 1 unspecified atom stereocenters. The molecular formula is C12H22O2. The molecule has 1 aliphatic carbocycles. The Kier molecular flexibility index (Phi) is 4.99. The molecule has 0 bridgehead atoms. The Bertz CT molecular complexity index is 173. The van der Waals surface area contributed by atoms with Gasteiger partial charge in [0.25, 0.3) is 0 Å². The van der Waals surface area contributed by atoms with Crippen LogP contribution in [0, 0.1) is 11.8 Å². The van der Waals surface area contributed by atoms with Crippen molar-refractivity contribution in [3.63, 3.8) is 0 Å². The first-order valence-corrected chi connectivity index (χ1v) is 5.83. The van der Waals surface area contributed by atoms with E-state index in [-0.39, 0.29) is 5.97 Å². The molecule has 1 rings (SSSR count). The second kappa shape index (κ2) is 6.05. The van der Waals surface area contributed by atoms with Crippen LogP contribution in [-0.4, -0.2) is 13.1 Å². The zero-order chi connectivity index (χ0) is 10.4. The van der Waals surface area contributed by atoms with Crippen LogP contribution in [0.15, 0.2) is 0 Å². The second-order valence-corrected chi connectivity index (χ2v) is 4.41. The maximum Gasteiger partial charge on any atom is 0.305 e. The number of carbonyl (C=O) groups is 1. The molecule has 1 aliphatic rings. The number of ether oxygens (including phenoxy) is 1. The summed E-state index contributed by atoms with van der Waals surface area (Å²) in [6.07, 6.45) is 8.36. The fourth-order valence-corrected chi connectivity index (χ4v) is 1.85. The van der Waals surface area contributed by atoms with Crippen LogP contribution in [0.5, 0.6) is 0 Å². The fraction of sp³-hybridized carbons (Fsp3) is 0.917. The Morgan fingerprint density at radius 1 is 1.43 bits per heavy atom. The molecule has 0 N–H and O–H groups in total. The zero-order valence-corrected chi connectivity index (χ0v) is 9.42. The van der Waals surface area contributed by atoms with Crippen molar-refractivity contribution in [3.05, 3.63) is 0 Å². The summed E-state index contributed by atoms with van der Waals surface area (Å²) in [7, 11) is 1.47. The summed E-state index contributed by atoms with van der Waals surface area (Å²) in [5, 5.41) is 0. The highest BCUT2D eigenvalue weighted by Crippen LogP contribution is 2.35. The van der Waals surface area contributed by atoms with E-state index in [9.17, 15) is 4.79 Å². The minimum atomic E-state index is -0.0603. The molecule has 1 saturated carbocycles. The monoisotopic (exact) mass is 198 g/mol. The number of methoxy groups -OCH3 is 1. The van der Waals surface area contributed by atoms with Gasteiger partial charge in [0.1, 0.15) is 0 Å². The van der Waals surface area contributed by atoms with Crippen LogP contribution >= 0.6 is 0 Å². The third-order valence-corrected chi connectivity index (χ3v) is 3.24. The van der Waals surface area contributed by atoms with Gasteiger partial charge in [-0.05, 0) is 18.3 Å². The predicted octanol–water partition coefficient (Wildman–Crippen LogP) is 3.16.